The fourth-order valence-corrected chi connectivity index (χ4v) is 2.74. The molecule has 104 valence electrons. The molecule has 1 aromatic carbocycles. The minimum absolute atomic E-state index is 0.0419. The maximum Gasteiger partial charge on any atom is 0.254 e. The van der Waals surface area contributed by atoms with E-state index in [1.807, 2.05) is 24.0 Å². The highest BCUT2D eigenvalue weighted by molar-refractivity contribution is 14.1. The van der Waals surface area contributed by atoms with Crippen molar-refractivity contribution in [3.63, 3.8) is 0 Å². The number of hydrogen-bond acceptors (Lipinski definition) is 2. The van der Waals surface area contributed by atoms with Crippen molar-refractivity contribution in [1.29, 1.82) is 0 Å². The summed E-state index contributed by atoms with van der Waals surface area (Å²) in [6, 6.07) is 5.62. The van der Waals surface area contributed by atoms with E-state index in [-0.39, 0.29) is 18.1 Å². The van der Waals surface area contributed by atoms with E-state index < -0.39 is 0 Å². The van der Waals surface area contributed by atoms with Crippen molar-refractivity contribution >= 4 is 40.1 Å². The third-order valence-corrected chi connectivity index (χ3v) is 4.94. The van der Waals surface area contributed by atoms with Gasteiger partial charge in [-0.2, -0.15) is 0 Å². The summed E-state index contributed by atoms with van der Waals surface area (Å²) in [7, 11) is 0. The Morgan fingerprint density at radius 3 is 2.95 bits per heavy atom. The van der Waals surface area contributed by atoms with Crippen LogP contribution < -0.4 is 0 Å². The van der Waals surface area contributed by atoms with E-state index >= 15 is 0 Å². The Balaban J connectivity index is 2.23. The van der Waals surface area contributed by atoms with E-state index in [0.717, 1.165) is 9.99 Å². The van der Waals surface area contributed by atoms with Crippen LogP contribution in [0.3, 0.4) is 0 Å². The first-order valence-electron chi connectivity index (χ1n) is 6.40. The summed E-state index contributed by atoms with van der Waals surface area (Å²) in [5, 5.41) is 0.626. The minimum Gasteiger partial charge on any atom is -0.375 e. The van der Waals surface area contributed by atoms with Gasteiger partial charge in [0.25, 0.3) is 5.91 Å². The van der Waals surface area contributed by atoms with E-state index in [9.17, 15) is 4.79 Å². The number of rotatable bonds is 2. The maximum absolute atomic E-state index is 12.6. The normalized spacial score (nSPS) is 23.5. The van der Waals surface area contributed by atoms with Crippen molar-refractivity contribution in [3.05, 3.63) is 32.4 Å². The zero-order valence-electron chi connectivity index (χ0n) is 11.0. The molecular weight excluding hydrogens is 377 g/mol. The minimum atomic E-state index is 0.0419. The van der Waals surface area contributed by atoms with Gasteiger partial charge < -0.3 is 9.64 Å². The number of nitrogens with zero attached hydrogens (tertiary/aromatic N) is 1. The topological polar surface area (TPSA) is 29.5 Å². The molecule has 1 aliphatic rings. The third kappa shape index (κ3) is 3.41. The van der Waals surface area contributed by atoms with Gasteiger partial charge in [-0.05, 0) is 54.1 Å². The van der Waals surface area contributed by atoms with Gasteiger partial charge in [0.05, 0.1) is 23.8 Å². The standard InChI is InChI=1S/C14H17ClINO2/c1-3-11-8-19-9(2)7-17(11)14(18)10-4-5-13(16)12(15)6-10/h4-6,9,11H,3,7-8H2,1-2H3. The van der Waals surface area contributed by atoms with Crippen LogP contribution in [0.4, 0.5) is 0 Å². The number of carbonyl (C=O) groups excluding carboxylic acids is 1. The highest BCUT2D eigenvalue weighted by Crippen LogP contribution is 2.23. The van der Waals surface area contributed by atoms with E-state index in [0.29, 0.717) is 23.7 Å². The third-order valence-electron chi connectivity index (χ3n) is 3.37. The summed E-state index contributed by atoms with van der Waals surface area (Å²) in [6.07, 6.45) is 0.988. The number of carbonyl (C=O) groups is 1. The molecule has 1 amide bonds. The van der Waals surface area contributed by atoms with E-state index in [4.69, 9.17) is 16.3 Å². The van der Waals surface area contributed by atoms with Crippen LogP contribution in [-0.2, 0) is 4.74 Å². The molecule has 0 spiro atoms. The Labute approximate surface area is 132 Å². The lowest BCUT2D eigenvalue weighted by atomic mass is 10.1. The lowest BCUT2D eigenvalue weighted by Crippen LogP contribution is -2.51. The van der Waals surface area contributed by atoms with Crippen LogP contribution >= 0.6 is 34.2 Å². The summed E-state index contributed by atoms with van der Waals surface area (Å²) >= 11 is 8.25. The van der Waals surface area contributed by atoms with Crippen LogP contribution in [0.5, 0.6) is 0 Å². The van der Waals surface area contributed by atoms with Crippen molar-refractivity contribution in [2.75, 3.05) is 13.2 Å². The average molecular weight is 394 g/mol. The summed E-state index contributed by atoms with van der Waals surface area (Å²) in [5.41, 5.74) is 0.651. The van der Waals surface area contributed by atoms with Gasteiger partial charge in [-0.1, -0.05) is 18.5 Å². The van der Waals surface area contributed by atoms with Crippen LogP contribution in [-0.4, -0.2) is 36.1 Å². The Hall–Kier alpha value is -0.330. The smallest absolute Gasteiger partial charge is 0.254 e. The first-order chi connectivity index (χ1) is 9.02. The van der Waals surface area contributed by atoms with Crippen LogP contribution in [0.15, 0.2) is 18.2 Å². The SMILES string of the molecule is CCC1COC(C)CN1C(=O)c1ccc(I)c(Cl)c1. The summed E-state index contributed by atoms with van der Waals surface area (Å²) in [4.78, 5) is 14.5. The predicted molar refractivity (Wildman–Crippen MR) is 84.7 cm³/mol. The zero-order valence-corrected chi connectivity index (χ0v) is 13.9. The molecule has 0 N–H and O–H groups in total. The Kier molecular flexibility index (Phi) is 5.09. The molecule has 2 unspecified atom stereocenters. The molecule has 0 bridgehead atoms. The summed E-state index contributed by atoms with van der Waals surface area (Å²) in [5.74, 6) is 0.0419. The van der Waals surface area contributed by atoms with Gasteiger partial charge in [0, 0.05) is 15.7 Å². The molecule has 2 rings (SSSR count). The zero-order chi connectivity index (χ0) is 14.0. The molecule has 2 atom stereocenters. The monoisotopic (exact) mass is 393 g/mol. The van der Waals surface area contributed by atoms with Gasteiger partial charge in [-0.3, -0.25) is 4.79 Å². The lowest BCUT2D eigenvalue weighted by Gasteiger charge is -2.38. The van der Waals surface area contributed by atoms with Crippen LogP contribution in [0.1, 0.15) is 30.6 Å². The van der Waals surface area contributed by atoms with Crippen molar-refractivity contribution in [2.24, 2.45) is 0 Å². The lowest BCUT2D eigenvalue weighted by molar-refractivity contribution is -0.0444. The fraction of sp³-hybridized carbons (Fsp3) is 0.500. The molecule has 19 heavy (non-hydrogen) atoms. The number of ether oxygens (including phenoxy) is 1. The fourth-order valence-electron chi connectivity index (χ4n) is 2.23. The van der Waals surface area contributed by atoms with Gasteiger partial charge >= 0.3 is 0 Å². The Morgan fingerprint density at radius 2 is 2.32 bits per heavy atom. The van der Waals surface area contributed by atoms with Crippen LogP contribution in [0.25, 0.3) is 0 Å². The molecule has 0 radical (unpaired) electrons. The second-order valence-corrected chi connectivity index (χ2v) is 6.36. The molecule has 0 saturated carbocycles. The molecule has 1 fully saturated rings. The molecule has 0 aromatic heterocycles. The van der Waals surface area contributed by atoms with Crippen molar-refractivity contribution in [1.82, 2.24) is 4.90 Å². The maximum atomic E-state index is 12.6. The molecule has 1 aromatic rings. The van der Waals surface area contributed by atoms with Gasteiger partial charge in [0.1, 0.15) is 0 Å². The molecule has 0 aliphatic carbocycles. The number of halogens is 2. The van der Waals surface area contributed by atoms with Crippen molar-refractivity contribution < 1.29 is 9.53 Å². The van der Waals surface area contributed by atoms with Crippen LogP contribution in [0, 0.1) is 3.57 Å². The second-order valence-electron chi connectivity index (χ2n) is 4.79. The first-order valence-corrected chi connectivity index (χ1v) is 7.86. The Bertz CT molecular complexity index is 481. The molecule has 3 nitrogen and oxygen atoms in total. The van der Waals surface area contributed by atoms with Crippen molar-refractivity contribution in [3.8, 4) is 0 Å². The van der Waals surface area contributed by atoms with E-state index in [1.54, 1.807) is 6.07 Å². The molecular formula is C14H17ClINO2. The highest BCUT2D eigenvalue weighted by atomic mass is 127. The predicted octanol–water partition coefficient (Wildman–Crippen LogP) is 3.58. The van der Waals surface area contributed by atoms with Gasteiger partial charge in [-0.25, -0.2) is 0 Å². The summed E-state index contributed by atoms with van der Waals surface area (Å²) in [6.45, 7) is 5.32. The number of amides is 1. The summed E-state index contributed by atoms with van der Waals surface area (Å²) < 4.78 is 6.58. The van der Waals surface area contributed by atoms with E-state index in [2.05, 4.69) is 29.5 Å². The molecule has 1 saturated heterocycles. The van der Waals surface area contributed by atoms with Gasteiger partial charge in [0.15, 0.2) is 0 Å². The number of benzene rings is 1. The second kappa shape index (κ2) is 6.41. The number of morpholine rings is 1. The largest absolute Gasteiger partial charge is 0.375 e. The molecule has 1 heterocycles. The van der Waals surface area contributed by atoms with Gasteiger partial charge in [-0.15, -0.1) is 0 Å². The molecule has 1 aliphatic heterocycles. The van der Waals surface area contributed by atoms with E-state index in [1.165, 1.54) is 0 Å². The Morgan fingerprint density at radius 1 is 1.58 bits per heavy atom. The quantitative estimate of drug-likeness (QED) is 0.719. The molecule has 5 heteroatoms. The van der Waals surface area contributed by atoms with Crippen molar-refractivity contribution in [2.45, 2.75) is 32.4 Å². The average Bonchev–Trinajstić information content (AvgIpc) is 2.41. The first kappa shape index (κ1) is 15.1. The van der Waals surface area contributed by atoms with Crippen LogP contribution in [0.2, 0.25) is 5.02 Å². The van der Waals surface area contributed by atoms with Gasteiger partial charge in [0.2, 0.25) is 0 Å². The highest BCUT2D eigenvalue weighted by Gasteiger charge is 2.30. The number of hydrogen-bond donors (Lipinski definition) is 0.